The lowest BCUT2D eigenvalue weighted by Crippen LogP contribution is -2.28. The van der Waals surface area contributed by atoms with E-state index in [1.165, 1.54) is 36.9 Å². The second-order valence-corrected chi connectivity index (χ2v) is 15.8. The van der Waals surface area contributed by atoms with Gasteiger partial charge in [0, 0.05) is 42.4 Å². The van der Waals surface area contributed by atoms with Crippen molar-refractivity contribution in [3.05, 3.63) is 210 Å². The number of ether oxygens (including phenoxy) is 2. The van der Waals surface area contributed by atoms with Crippen LogP contribution in [0.1, 0.15) is 22.3 Å². The first kappa shape index (κ1) is 32.8. The van der Waals surface area contributed by atoms with Gasteiger partial charge in [-0.05, 0) is 64.2 Å². The predicted molar refractivity (Wildman–Crippen MR) is 233 cm³/mol. The van der Waals surface area contributed by atoms with Gasteiger partial charge in [-0.3, -0.25) is 0 Å². The average molecular weight is 762 g/mol. The molecule has 12 rings (SSSR count). The minimum Gasteiger partial charge on any atom is -0.449 e. The Morgan fingerprint density at radius 3 is 1.74 bits per heavy atom. The smallest absolute Gasteiger partial charge is 0.178 e. The van der Waals surface area contributed by atoms with Crippen LogP contribution in [0, 0.1) is 0 Å². The zero-order chi connectivity index (χ0) is 38.2. The molecule has 8 aromatic carbocycles. The highest BCUT2D eigenvalue weighted by atomic mass is 32.1. The van der Waals surface area contributed by atoms with E-state index in [0.29, 0.717) is 40.5 Å². The van der Waals surface area contributed by atoms with E-state index >= 15 is 0 Å². The summed E-state index contributed by atoms with van der Waals surface area (Å²) in [5.74, 6) is 4.36. The molecule has 2 aliphatic rings. The van der Waals surface area contributed by atoms with Crippen LogP contribution in [0.5, 0.6) is 23.0 Å². The maximum atomic E-state index is 7.02. The van der Waals surface area contributed by atoms with E-state index in [0.717, 1.165) is 33.4 Å². The Morgan fingerprint density at radius 2 is 0.983 bits per heavy atom. The molecule has 1 aliphatic heterocycles. The zero-order valence-corrected chi connectivity index (χ0v) is 31.8. The van der Waals surface area contributed by atoms with Crippen LogP contribution < -0.4 is 9.47 Å². The molecular weight excluding hydrogens is 731 g/mol. The first-order chi connectivity index (χ1) is 28.7. The standard InChI is InChI=1S/C52H31N3O2S/c1-4-14-32(15-5-1)49-53-50(55-51(54-49)34-24-26-38-37-20-11-13-23-45(37)58-46(38)31-34)33-25-28-42-44(30-33)57-48-43(56-42)29-27-41-47(48)39-21-10-12-22-40(39)52(41,35-16-6-2-7-17-35)36-18-8-3-9-19-36/h1-31H. The highest BCUT2D eigenvalue weighted by Gasteiger charge is 2.48. The summed E-state index contributed by atoms with van der Waals surface area (Å²) in [6.45, 7) is 0. The normalized spacial score (nSPS) is 13.2. The Balaban J connectivity index is 1.00. The molecule has 2 aromatic heterocycles. The quantitative estimate of drug-likeness (QED) is 0.175. The fourth-order valence-corrected chi connectivity index (χ4v) is 10.1. The zero-order valence-electron chi connectivity index (χ0n) is 31.0. The van der Waals surface area contributed by atoms with Crippen molar-refractivity contribution in [1.82, 2.24) is 15.0 Å². The van der Waals surface area contributed by atoms with Gasteiger partial charge in [0.05, 0.1) is 5.41 Å². The Bertz CT molecular complexity index is 3200. The summed E-state index contributed by atoms with van der Waals surface area (Å²) < 4.78 is 16.1. The monoisotopic (exact) mass is 761 g/mol. The number of hydrogen-bond donors (Lipinski definition) is 0. The summed E-state index contributed by atoms with van der Waals surface area (Å²) in [5.41, 5.74) is 8.98. The molecular formula is C52H31N3O2S. The summed E-state index contributed by atoms with van der Waals surface area (Å²) in [7, 11) is 0. The SMILES string of the molecule is c1ccc(-c2nc(-c3ccc4c(c3)Oc3c(ccc5c3-c3ccccc3C5(c3ccccc3)c3ccccc3)O4)nc(-c3ccc4c(c3)sc3ccccc34)n2)cc1. The van der Waals surface area contributed by atoms with Gasteiger partial charge in [-0.25, -0.2) is 15.0 Å². The summed E-state index contributed by atoms with van der Waals surface area (Å²) in [4.78, 5) is 15.2. The van der Waals surface area contributed by atoms with Crippen LogP contribution in [0.15, 0.2) is 188 Å². The van der Waals surface area contributed by atoms with E-state index in [-0.39, 0.29) is 0 Å². The molecule has 0 N–H and O–H groups in total. The molecule has 0 bridgehead atoms. The molecule has 6 heteroatoms. The maximum Gasteiger partial charge on any atom is 0.178 e. The number of benzene rings is 8. The third-order valence-electron chi connectivity index (χ3n) is 11.5. The Morgan fingerprint density at radius 1 is 0.397 bits per heavy atom. The number of fused-ring (bicyclic) bond motifs is 9. The average Bonchev–Trinajstić information content (AvgIpc) is 3.82. The van der Waals surface area contributed by atoms with E-state index in [1.54, 1.807) is 11.3 Å². The molecule has 5 nitrogen and oxygen atoms in total. The third-order valence-corrected chi connectivity index (χ3v) is 12.6. The highest BCUT2D eigenvalue weighted by Crippen LogP contribution is 2.62. The molecule has 0 saturated heterocycles. The van der Waals surface area contributed by atoms with Crippen LogP contribution in [0.3, 0.4) is 0 Å². The summed E-state index contributed by atoms with van der Waals surface area (Å²) >= 11 is 1.78. The van der Waals surface area contributed by atoms with Gasteiger partial charge in [-0.2, -0.15) is 0 Å². The van der Waals surface area contributed by atoms with Crippen molar-refractivity contribution < 1.29 is 9.47 Å². The molecule has 1 aliphatic carbocycles. The van der Waals surface area contributed by atoms with E-state index in [2.05, 4.69) is 140 Å². The lowest BCUT2D eigenvalue weighted by molar-refractivity contribution is 0.360. The first-order valence-electron chi connectivity index (χ1n) is 19.3. The van der Waals surface area contributed by atoms with Crippen molar-refractivity contribution in [2.45, 2.75) is 5.41 Å². The minimum absolute atomic E-state index is 0.549. The molecule has 0 spiro atoms. The molecule has 0 saturated carbocycles. The van der Waals surface area contributed by atoms with Crippen LogP contribution in [-0.4, -0.2) is 15.0 Å². The van der Waals surface area contributed by atoms with Gasteiger partial charge < -0.3 is 9.47 Å². The molecule has 0 unspecified atom stereocenters. The molecule has 3 heterocycles. The number of aromatic nitrogens is 3. The van der Waals surface area contributed by atoms with Gasteiger partial charge in [-0.1, -0.05) is 152 Å². The predicted octanol–water partition coefficient (Wildman–Crippen LogP) is 13.5. The molecule has 272 valence electrons. The minimum atomic E-state index is -0.553. The molecule has 0 amide bonds. The second kappa shape index (κ2) is 12.8. The number of thiophene rings is 1. The van der Waals surface area contributed by atoms with Crippen molar-refractivity contribution in [2.75, 3.05) is 0 Å². The Labute approximate surface area is 338 Å². The molecule has 10 aromatic rings. The van der Waals surface area contributed by atoms with Gasteiger partial charge in [0.1, 0.15) is 0 Å². The number of hydrogen-bond acceptors (Lipinski definition) is 6. The fraction of sp³-hybridized carbons (Fsp3) is 0.0192. The van der Waals surface area contributed by atoms with Gasteiger partial charge in [0.2, 0.25) is 0 Å². The largest absolute Gasteiger partial charge is 0.449 e. The topological polar surface area (TPSA) is 57.1 Å². The Hall–Kier alpha value is -7.41. The van der Waals surface area contributed by atoms with Crippen LogP contribution in [0.25, 0.3) is 65.5 Å². The van der Waals surface area contributed by atoms with Crippen molar-refractivity contribution in [1.29, 1.82) is 0 Å². The van der Waals surface area contributed by atoms with Gasteiger partial charge in [0.15, 0.2) is 40.5 Å². The van der Waals surface area contributed by atoms with Crippen LogP contribution in [-0.2, 0) is 5.41 Å². The molecule has 0 fully saturated rings. The fourth-order valence-electron chi connectivity index (χ4n) is 8.92. The van der Waals surface area contributed by atoms with Gasteiger partial charge in [-0.15, -0.1) is 11.3 Å². The van der Waals surface area contributed by atoms with Crippen LogP contribution in [0.4, 0.5) is 0 Å². The van der Waals surface area contributed by atoms with Gasteiger partial charge in [0.25, 0.3) is 0 Å². The summed E-state index contributed by atoms with van der Waals surface area (Å²) in [6.07, 6.45) is 0. The van der Waals surface area contributed by atoms with Crippen molar-refractivity contribution in [3.63, 3.8) is 0 Å². The van der Waals surface area contributed by atoms with E-state index in [1.807, 2.05) is 48.5 Å². The molecule has 0 radical (unpaired) electrons. The van der Waals surface area contributed by atoms with Crippen molar-refractivity contribution in [3.8, 4) is 68.3 Å². The van der Waals surface area contributed by atoms with Crippen LogP contribution in [0.2, 0.25) is 0 Å². The maximum absolute atomic E-state index is 7.02. The van der Waals surface area contributed by atoms with Crippen molar-refractivity contribution in [2.24, 2.45) is 0 Å². The first-order valence-corrected chi connectivity index (χ1v) is 20.2. The highest BCUT2D eigenvalue weighted by molar-refractivity contribution is 7.25. The second-order valence-electron chi connectivity index (χ2n) is 14.7. The van der Waals surface area contributed by atoms with Crippen LogP contribution >= 0.6 is 11.3 Å². The molecule has 0 atom stereocenters. The van der Waals surface area contributed by atoms with E-state index < -0.39 is 5.41 Å². The summed E-state index contributed by atoms with van der Waals surface area (Å²) in [6, 6.07) is 65.5. The third kappa shape index (κ3) is 4.92. The Kier molecular flexibility index (Phi) is 7.25. The lowest BCUT2D eigenvalue weighted by Gasteiger charge is -2.34. The summed E-state index contributed by atoms with van der Waals surface area (Å²) in [5, 5.41) is 2.49. The molecule has 58 heavy (non-hydrogen) atoms. The number of nitrogens with zero attached hydrogens (tertiary/aromatic N) is 3. The number of rotatable bonds is 5. The van der Waals surface area contributed by atoms with E-state index in [4.69, 9.17) is 24.4 Å². The van der Waals surface area contributed by atoms with Gasteiger partial charge >= 0.3 is 0 Å². The lowest BCUT2D eigenvalue weighted by atomic mass is 9.68. The van der Waals surface area contributed by atoms with E-state index in [9.17, 15) is 0 Å². The van der Waals surface area contributed by atoms with Crippen molar-refractivity contribution >= 4 is 31.5 Å².